The third kappa shape index (κ3) is 5.50. The number of nitrogens with zero attached hydrogens (tertiary/aromatic N) is 1. The Hall–Kier alpha value is -3.48. The van der Waals surface area contributed by atoms with Crippen LogP contribution in [-0.4, -0.2) is 23.9 Å². The van der Waals surface area contributed by atoms with Gasteiger partial charge in [-0.3, -0.25) is 19.7 Å². The Morgan fingerprint density at radius 2 is 1.85 bits per heavy atom. The van der Waals surface area contributed by atoms with Crippen molar-refractivity contribution in [2.45, 2.75) is 13.0 Å². The molecular formula is C20H20N2O5. The topological polar surface area (TPSA) is 98.5 Å². The van der Waals surface area contributed by atoms with Crippen LogP contribution in [0, 0.1) is 16.0 Å². The molecule has 0 aromatic heterocycles. The van der Waals surface area contributed by atoms with E-state index in [0.717, 1.165) is 5.56 Å². The van der Waals surface area contributed by atoms with E-state index in [-0.39, 0.29) is 5.69 Å². The van der Waals surface area contributed by atoms with Gasteiger partial charge in [0.15, 0.2) is 0 Å². The Morgan fingerprint density at radius 3 is 2.48 bits per heavy atom. The maximum Gasteiger partial charge on any atom is 0.310 e. The number of non-ortho nitro benzene ring substituents is 1. The van der Waals surface area contributed by atoms with Crippen LogP contribution in [0.15, 0.2) is 60.7 Å². The van der Waals surface area contributed by atoms with E-state index in [4.69, 9.17) is 4.74 Å². The molecule has 0 radical (unpaired) electrons. The monoisotopic (exact) mass is 368 g/mol. The number of carbonyl (C=O) groups excluding carboxylic acids is 2. The summed E-state index contributed by atoms with van der Waals surface area (Å²) in [5.41, 5.74) is 1.24. The number of nitrogens with one attached hydrogen (secondary N) is 1. The van der Waals surface area contributed by atoms with Gasteiger partial charge in [0.2, 0.25) is 5.91 Å². The second-order valence-corrected chi connectivity index (χ2v) is 5.89. The van der Waals surface area contributed by atoms with E-state index in [2.05, 4.69) is 5.32 Å². The molecule has 1 N–H and O–H groups in total. The minimum atomic E-state index is -0.590. The smallest absolute Gasteiger partial charge is 0.310 e. The summed E-state index contributed by atoms with van der Waals surface area (Å²) in [6.45, 7) is 1.67. The van der Waals surface area contributed by atoms with Gasteiger partial charge in [-0.2, -0.15) is 0 Å². The molecule has 0 saturated carbocycles. The minimum Gasteiger partial charge on any atom is -0.469 e. The molecule has 1 amide bonds. The lowest BCUT2D eigenvalue weighted by Gasteiger charge is -2.23. The summed E-state index contributed by atoms with van der Waals surface area (Å²) in [6.07, 6.45) is 2.76. The van der Waals surface area contributed by atoms with Crippen molar-refractivity contribution in [2.24, 2.45) is 5.92 Å². The number of rotatable bonds is 7. The van der Waals surface area contributed by atoms with Gasteiger partial charge in [-0.1, -0.05) is 42.5 Å². The van der Waals surface area contributed by atoms with E-state index in [1.165, 1.54) is 31.4 Å². The molecule has 0 aliphatic heterocycles. The van der Waals surface area contributed by atoms with Crippen LogP contribution < -0.4 is 5.32 Å². The fraction of sp³-hybridized carbons (Fsp3) is 0.200. The Balaban J connectivity index is 2.17. The van der Waals surface area contributed by atoms with Crippen LogP contribution in [0.2, 0.25) is 0 Å². The number of carbonyl (C=O) groups is 2. The van der Waals surface area contributed by atoms with Crippen molar-refractivity contribution in [1.82, 2.24) is 5.32 Å². The van der Waals surface area contributed by atoms with E-state index in [1.807, 2.05) is 30.3 Å². The first-order valence-corrected chi connectivity index (χ1v) is 8.28. The molecule has 2 rings (SSSR count). The molecule has 0 heterocycles. The van der Waals surface area contributed by atoms with E-state index < -0.39 is 28.8 Å². The van der Waals surface area contributed by atoms with Crippen molar-refractivity contribution in [3.05, 3.63) is 81.9 Å². The fourth-order valence-corrected chi connectivity index (χ4v) is 2.59. The van der Waals surface area contributed by atoms with Crippen LogP contribution >= 0.6 is 0 Å². The average molecular weight is 368 g/mol. The predicted octanol–water partition coefficient (Wildman–Crippen LogP) is 3.27. The first-order valence-electron chi connectivity index (χ1n) is 8.28. The van der Waals surface area contributed by atoms with E-state index >= 15 is 0 Å². The van der Waals surface area contributed by atoms with Crippen LogP contribution in [0.1, 0.15) is 24.1 Å². The summed E-state index contributed by atoms with van der Waals surface area (Å²) in [6, 6.07) is 14.5. The standard InChI is InChI=1S/C20H20N2O5/c1-14(20(24)27-2)19(16-8-4-3-5-9-16)21-18(23)12-11-15-7-6-10-17(13-15)22(25)26/h3-14,19H,1-2H3,(H,21,23)/b12-11+/t14-,19-/m1/s1. The van der Waals surface area contributed by atoms with Gasteiger partial charge in [-0.15, -0.1) is 0 Å². The second kappa shape index (κ2) is 9.28. The highest BCUT2D eigenvalue weighted by Crippen LogP contribution is 2.23. The van der Waals surface area contributed by atoms with Gasteiger partial charge >= 0.3 is 5.97 Å². The van der Waals surface area contributed by atoms with Gasteiger partial charge in [-0.05, 0) is 24.1 Å². The Kier molecular flexibility index (Phi) is 6.82. The molecule has 7 nitrogen and oxygen atoms in total. The minimum absolute atomic E-state index is 0.0565. The molecule has 2 aromatic carbocycles. The van der Waals surface area contributed by atoms with Crippen molar-refractivity contribution in [3.63, 3.8) is 0 Å². The van der Waals surface area contributed by atoms with Gasteiger partial charge in [0, 0.05) is 18.2 Å². The molecule has 0 bridgehead atoms. The number of esters is 1. The number of nitro groups is 1. The quantitative estimate of drug-likeness (QED) is 0.350. The molecule has 2 aromatic rings. The molecule has 0 unspecified atom stereocenters. The third-order valence-electron chi connectivity index (χ3n) is 4.04. The predicted molar refractivity (Wildman–Crippen MR) is 101 cm³/mol. The molecule has 140 valence electrons. The molecule has 0 saturated heterocycles. The Bertz CT molecular complexity index is 848. The lowest BCUT2D eigenvalue weighted by atomic mass is 9.94. The Morgan fingerprint density at radius 1 is 1.15 bits per heavy atom. The van der Waals surface area contributed by atoms with Crippen LogP contribution in [-0.2, 0) is 14.3 Å². The first kappa shape index (κ1) is 19.8. The highest BCUT2D eigenvalue weighted by Gasteiger charge is 2.27. The number of nitro benzene ring substituents is 1. The van der Waals surface area contributed by atoms with Crippen molar-refractivity contribution < 1.29 is 19.2 Å². The number of methoxy groups -OCH3 is 1. The van der Waals surface area contributed by atoms with Gasteiger partial charge in [0.25, 0.3) is 5.69 Å². The van der Waals surface area contributed by atoms with Crippen LogP contribution in [0.4, 0.5) is 5.69 Å². The number of ether oxygens (including phenoxy) is 1. The number of benzene rings is 2. The summed E-state index contributed by atoms with van der Waals surface area (Å²) in [5, 5.41) is 13.6. The van der Waals surface area contributed by atoms with Crippen molar-refractivity contribution in [1.29, 1.82) is 0 Å². The molecule has 27 heavy (non-hydrogen) atoms. The van der Waals surface area contributed by atoms with E-state index in [9.17, 15) is 19.7 Å². The number of amides is 1. The molecule has 7 heteroatoms. The summed E-state index contributed by atoms with van der Waals surface area (Å²) in [5.74, 6) is -1.45. The zero-order chi connectivity index (χ0) is 19.8. The highest BCUT2D eigenvalue weighted by molar-refractivity contribution is 5.92. The Labute approximate surface area is 156 Å². The lowest BCUT2D eigenvalue weighted by molar-refractivity contribution is -0.384. The number of hydrogen-bond acceptors (Lipinski definition) is 5. The summed E-state index contributed by atoms with van der Waals surface area (Å²) in [7, 11) is 1.30. The van der Waals surface area contributed by atoms with Crippen LogP contribution in [0.5, 0.6) is 0 Å². The highest BCUT2D eigenvalue weighted by atomic mass is 16.6. The molecular weight excluding hydrogens is 348 g/mol. The zero-order valence-corrected chi connectivity index (χ0v) is 15.0. The van der Waals surface area contributed by atoms with Crippen molar-refractivity contribution >= 4 is 23.6 Å². The zero-order valence-electron chi connectivity index (χ0n) is 15.0. The second-order valence-electron chi connectivity index (χ2n) is 5.89. The van der Waals surface area contributed by atoms with Crippen LogP contribution in [0.25, 0.3) is 6.08 Å². The maximum atomic E-state index is 12.4. The maximum absolute atomic E-state index is 12.4. The molecule has 0 fully saturated rings. The average Bonchev–Trinajstić information content (AvgIpc) is 2.70. The van der Waals surface area contributed by atoms with E-state index in [1.54, 1.807) is 19.1 Å². The first-order chi connectivity index (χ1) is 12.9. The van der Waals surface area contributed by atoms with Gasteiger partial charge < -0.3 is 10.1 Å². The van der Waals surface area contributed by atoms with E-state index in [0.29, 0.717) is 5.56 Å². The van der Waals surface area contributed by atoms with Gasteiger partial charge in [-0.25, -0.2) is 0 Å². The number of hydrogen-bond donors (Lipinski definition) is 1. The molecule has 0 aliphatic rings. The lowest BCUT2D eigenvalue weighted by Crippen LogP contribution is -2.35. The summed E-state index contributed by atoms with van der Waals surface area (Å²) >= 11 is 0. The third-order valence-corrected chi connectivity index (χ3v) is 4.04. The molecule has 0 aliphatic carbocycles. The molecule has 2 atom stereocenters. The van der Waals surface area contributed by atoms with Crippen LogP contribution in [0.3, 0.4) is 0 Å². The SMILES string of the molecule is COC(=O)[C@H](C)[C@@H](NC(=O)/C=C/c1cccc([N+](=O)[O-])c1)c1ccccc1. The largest absolute Gasteiger partial charge is 0.469 e. The van der Waals surface area contributed by atoms with Gasteiger partial charge in [0.05, 0.1) is 24.0 Å². The van der Waals surface area contributed by atoms with Gasteiger partial charge in [0.1, 0.15) is 0 Å². The normalized spacial score (nSPS) is 13.0. The van der Waals surface area contributed by atoms with Crippen molar-refractivity contribution in [3.8, 4) is 0 Å². The molecule has 0 spiro atoms. The van der Waals surface area contributed by atoms with Crippen molar-refractivity contribution in [2.75, 3.05) is 7.11 Å². The summed E-state index contributed by atoms with van der Waals surface area (Å²) < 4.78 is 4.79. The fourth-order valence-electron chi connectivity index (χ4n) is 2.59. The summed E-state index contributed by atoms with van der Waals surface area (Å²) in [4.78, 5) is 34.6.